The summed E-state index contributed by atoms with van der Waals surface area (Å²) in [4.78, 5) is 36.1. The van der Waals surface area contributed by atoms with E-state index in [1.54, 1.807) is 24.3 Å². The number of benzene rings is 2. The summed E-state index contributed by atoms with van der Waals surface area (Å²) in [5.74, 6) is -1.26. The molecular formula is C22H18N2O6. The van der Waals surface area contributed by atoms with E-state index in [1.165, 1.54) is 55.9 Å². The second kappa shape index (κ2) is 9.24. The zero-order chi connectivity index (χ0) is 21.5. The number of carbonyl (C=O) groups is 3. The Morgan fingerprint density at radius 2 is 1.80 bits per heavy atom. The fraction of sp³-hybridized carbons (Fsp3) is 0.0455. The molecule has 0 bridgehead atoms. The normalized spacial score (nSPS) is 10.6. The summed E-state index contributed by atoms with van der Waals surface area (Å²) < 4.78 is 10.4. The van der Waals surface area contributed by atoms with Crippen LogP contribution in [0.2, 0.25) is 0 Å². The molecule has 1 heterocycles. The highest BCUT2D eigenvalue weighted by atomic mass is 16.5. The smallest absolute Gasteiger partial charge is 0.337 e. The molecule has 8 heteroatoms. The van der Waals surface area contributed by atoms with E-state index in [4.69, 9.17) is 9.15 Å². The van der Waals surface area contributed by atoms with Crippen molar-refractivity contribution in [1.82, 2.24) is 0 Å². The molecule has 3 rings (SSSR count). The van der Waals surface area contributed by atoms with Gasteiger partial charge in [0.25, 0.3) is 5.91 Å². The lowest BCUT2D eigenvalue weighted by Crippen LogP contribution is -2.16. The van der Waals surface area contributed by atoms with Crippen molar-refractivity contribution in [2.75, 3.05) is 17.7 Å². The van der Waals surface area contributed by atoms with E-state index in [-0.39, 0.29) is 22.5 Å². The van der Waals surface area contributed by atoms with Crippen molar-refractivity contribution < 1.29 is 28.6 Å². The van der Waals surface area contributed by atoms with Gasteiger partial charge in [-0.3, -0.25) is 9.59 Å². The fourth-order valence-corrected chi connectivity index (χ4v) is 2.64. The molecule has 0 saturated carbocycles. The SMILES string of the molecule is COc1ccc(C(=O)Nc2ccccc2C(=O)O)cc1NC(=O)/C=C/c1ccco1. The number of carbonyl (C=O) groups excluding carboxylic acids is 2. The van der Waals surface area contributed by atoms with Crippen LogP contribution >= 0.6 is 0 Å². The molecular weight excluding hydrogens is 388 g/mol. The highest BCUT2D eigenvalue weighted by Crippen LogP contribution is 2.26. The van der Waals surface area contributed by atoms with Crippen LogP contribution in [0.25, 0.3) is 6.08 Å². The molecule has 0 radical (unpaired) electrons. The van der Waals surface area contributed by atoms with Gasteiger partial charge in [0.1, 0.15) is 11.5 Å². The van der Waals surface area contributed by atoms with Gasteiger partial charge in [-0.05, 0) is 48.5 Å². The van der Waals surface area contributed by atoms with Gasteiger partial charge in [-0.1, -0.05) is 12.1 Å². The maximum atomic E-state index is 12.6. The fourth-order valence-electron chi connectivity index (χ4n) is 2.64. The monoisotopic (exact) mass is 406 g/mol. The Hall–Kier alpha value is -4.33. The van der Waals surface area contributed by atoms with Crippen LogP contribution in [0.3, 0.4) is 0 Å². The van der Waals surface area contributed by atoms with Crippen LogP contribution in [0, 0.1) is 0 Å². The number of methoxy groups -OCH3 is 1. The van der Waals surface area contributed by atoms with Crippen LogP contribution < -0.4 is 15.4 Å². The molecule has 1 aromatic heterocycles. The molecule has 0 unspecified atom stereocenters. The maximum absolute atomic E-state index is 12.6. The number of carboxylic acids is 1. The third-order valence-corrected chi connectivity index (χ3v) is 4.07. The summed E-state index contributed by atoms with van der Waals surface area (Å²) in [5, 5.41) is 14.5. The maximum Gasteiger partial charge on any atom is 0.337 e. The molecule has 3 aromatic rings. The average molecular weight is 406 g/mol. The summed E-state index contributed by atoms with van der Waals surface area (Å²) in [5.41, 5.74) is 0.626. The van der Waals surface area contributed by atoms with Gasteiger partial charge in [-0.2, -0.15) is 0 Å². The second-order valence-electron chi connectivity index (χ2n) is 6.06. The van der Waals surface area contributed by atoms with Gasteiger partial charge in [0.15, 0.2) is 0 Å². The Bertz CT molecular complexity index is 1100. The first kappa shape index (κ1) is 20.4. The molecule has 0 fully saturated rings. The number of para-hydroxylation sites is 1. The van der Waals surface area contributed by atoms with Gasteiger partial charge in [-0.15, -0.1) is 0 Å². The molecule has 0 aliphatic heterocycles. The predicted octanol–water partition coefficient (Wildman–Crippen LogP) is 3.89. The molecule has 0 aliphatic carbocycles. The average Bonchev–Trinajstić information content (AvgIpc) is 3.26. The molecule has 2 aromatic carbocycles. The number of rotatable bonds is 7. The first-order valence-electron chi connectivity index (χ1n) is 8.82. The summed E-state index contributed by atoms with van der Waals surface area (Å²) in [6, 6.07) is 13.9. The minimum atomic E-state index is -1.16. The standard InChI is InChI=1S/C22H18N2O6/c1-29-19-10-8-14(21(26)24-17-7-3-2-6-16(17)22(27)28)13-18(19)23-20(25)11-9-15-5-4-12-30-15/h2-13H,1H3,(H,23,25)(H,24,26)(H,27,28)/b11-9+. The number of hydrogen-bond acceptors (Lipinski definition) is 5. The highest BCUT2D eigenvalue weighted by Gasteiger charge is 2.15. The molecule has 0 aliphatic rings. The van der Waals surface area contributed by atoms with Gasteiger partial charge in [0, 0.05) is 11.6 Å². The summed E-state index contributed by atoms with van der Waals surface area (Å²) in [6.45, 7) is 0. The van der Waals surface area contributed by atoms with Gasteiger partial charge in [0.05, 0.1) is 30.3 Å². The van der Waals surface area contributed by atoms with Crippen molar-refractivity contribution >= 4 is 35.2 Å². The summed E-state index contributed by atoms with van der Waals surface area (Å²) in [7, 11) is 1.44. The van der Waals surface area contributed by atoms with Crippen molar-refractivity contribution in [3.05, 3.63) is 83.8 Å². The van der Waals surface area contributed by atoms with Crippen LogP contribution in [0.1, 0.15) is 26.5 Å². The zero-order valence-electron chi connectivity index (χ0n) is 15.9. The van der Waals surface area contributed by atoms with E-state index in [9.17, 15) is 19.5 Å². The quantitative estimate of drug-likeness (QED) is 0.512. The molecule has 8 nitrogen and oxygen atoms in total. The predicted molar refractivity (Wildman–Crippen MR) is 111 cm³/mol. The third-order valence-electron chi connectivity index (χ3n) is 4.07. The summed E-state index contributed by atoms with van der Waals surface area (Å²) in [6.07, 6.45) is 4.28. The van der Waals surface area contributed by atoms with Crippen LogP contribution in [-0.2, 0) is 4.79 Å². The largest absolute Gasteiger partial charge is 0.495 e. The number of anilines is 2. The molecule has 2 amide bonds. The Kier molecular flexibility index (Phi) is 6.29. The number of carboxylic acid groups (broad SMARTS) is 1. The summed E-state index contributed by atoms with van der Waals surface area (Å²) >= 11 is 0. The Morgan fingerprint density at radius 3 is 2.50 bits per heavy atom. The lowest BCUT2D eigenvalue weighted by molar-refractivity contribution is -0.111. The van der Waals surface area contributed by atoms with E-state index in [0.29, 0.717) is 11.5 Å². The van der Waals surface area contributed by atoms with Gasteiger partial charge < -0.3 is 24.9 Å². The number of furan rings is 1. The first-order chi connectivity index (χ1) is 14.5. The zero-order valence-corrected chi connectivity index (χ0v) is 15.9. The Labute approximate surface area is 171 Å². The minimum Gasteiger partial charge on any atom is -0.495 e. The van der Waals surface area contributed by atoms with Crippen LogP contribution in [0.15, 0.2) is 71.4 Å². The number of nitrogens with one attached hydrogen (secondary N) is 2. The third kappa shape index (κ3) is 4.93. The molecule has 0 saturated heterocycles. The van der Waals surface area contributed by atoms with E-state index in [1.807, 2.05) is 0 Å². The van der Waals surface area contributed by atoms with Gasteiger partial charge in [0.2, 0.25) is 5.91 Å². The Balaban J connectivity index is 1.79. The van der Waals surface area contributed by atoms with Gasteiger partial charge in [-0.25, -0.2) is 4.79 Å². The first-order valence-corrected chi connectivity index (χ1v) is 8.82. The van der Waals surface area contributed by atoms with Crippen molar-refractivity contribution in [3.63, 3.8) is 0 Å². The number of amides is 2. The van der Waals surface area contributed by atoms with Crippen LogP contribution in [0.5, 0.6) is 5.75 Å². The van der Waals surface area contributed by atoms with Crippen molar-refractivity contribution in [2.24, 2.45) is 0 Å². The number of aromatic carboxylic acids is 1. The van der Waals surface area contributed by atoms with Gasteiger partial charge >= 0.3 is 5.97 Å². The molecule has 30 heavy (non-hydrogen) atoms. The highest BCUT2D eigenvalue weighted by molar-refractivity contribution is 6.09. The van der Waals surface area contributed by atoms with Crippen molar-refractivity contribution in [3.8, 4) is 5.75 Å². The van der Waals surface area contributed by atoms with Crippen LogP contribution in [0.4, 0.5) is 11.4 Å². The number of hydrogen-bond donors (Lipinski definition) is 3. The molecule has 0 spiro atoms. The molecule has 0 atom stereocenters. The number of ether oxygens (including phenoxy) is 1. The van der Waals surface area contributed by atoms with Crippen molar-refractivity contribution in [1.29, 1.82) is 0 Å². The lowest BCUT2D eigenvalue weighted by Gasteiger charge is -2.12. The van der Waals surface area contributed by atoms with E-state index < -0.39 is 17.8 Å². The van der Waals surface area contributed by atoms with Crippen molar-refractivity contribution in [2.45, 2.75) is 0 Å². The Morgan fingerprint density at radius 1 is 1.00 bits per heavy atom. The molecule has 3 N–H and O–H groups in total. The lowest BCUT2D eigenvalue weighted by atomic mass is 10.1. The van der Waals surface area contributed by atoms with E-state index in [0.717, 1.165) is 0 Å². The molecule has 152 valence electrons. The topological polar surface area (TPSA) is 118 Å². The second-order valence-corrected chi connectivity index (χ2v) is 6.06. The van der Waals surface area contributed by atoms with E-state index in [2.05, 4.69) is 10.6 Å². The minimum absolute atomic E-state index is 0.0315. The van der Waals surface area contributed by atoms with E-state index >= 15 is 0 Å². The van der Waals surface area contributed by atoms with Crippen LogP contribution in [-0.4, -0.2) is 30.0 Å².